The fraction of sp³-hybridized carbons (Fsp3) is 0.615. The van der Waals surface area contributed by atoms with E-state index in [1.807, 2.05) is 0 Å². The Bertz CT molecular complexity index is 665. The molecule has 0 radical (unpaired) electrons. The maximum atomic E-state index is 2.55. The molecule has 28 heavy (non-hydrogen) atoms. The van der Waals surface area contributed by atoms with Crippen LogP contribution in [0.5, 0.6) is 0 Å². The fourth-order valence-electron chi connectivity index (χ4n) is 3.45. The van der Waals surface area contributed by atoms with Gasteiger partial charge in [-0.15, -0.1) is 0 Å². The summed E-state index contributed by atoms with van der Waals surface area (Å²) in [4.78, 5) is 0. The summed E-state index contributed by atoms with van der Waals surface area (Å²) in [6.45, 7) is 14.0. The molecule has 2 aromatic heterocycles. The Morgan fingerprint density at radius 3 is 1.39 bits per heavy atom. The van der Waals surface area contributed by atoms with Gasteiger partial charge in [-0.25, -0.2) is 0 Å². The average Bonchev–Trinajstić information content (AvgIpc) is 3.25. The van der Waals surface area contributed by atoms with Crippen molar-refractivity contribution in [1.82, 2.24) is 0 Å². The first-order chi connectivity index (χ1) is 13.5. The Morgan fingerprint density at radius 2 is 1.07 bits per heavy atom. The summed E-state index contributed by atoms with van der Waals surface area (Å²) in [6.07, 6.45) is 15.6. The van der Waals surface area contributed by atoms with E-state index in [4.69, 9.17) is 0 Å². The minimum absolute atomic E-state index is 0.537. The van der Waals surface area contributed by atoms with E-state index in [-0.39, 0.29) is 0 Å². The van der Waals surface area contributed by atoms with Crippen LogP contribution in [0.15, 0.2) is 12.1 Å². The van der Waals surface area contributed by atoms with Crippen LogP contribution in [-0.4, -0.2) is 29.0 Å². The summed E-state index contributed by atoms with van der Waals surface area (Å²) >= 11 is 1.07. The molecular formula is C26H40Se2. The van der Waals surface area contributed by atoms with Gasteiger partial charge in [0.15, 0.2) is 0 Å². The van der Waals surface area contributed by atoms with Crippen molar-refractivity contribution in [2.24, 2.45) is 0 Å². The molecule has 0 N–H and O–H groups in total. The van der Waals surface area contributed by atoms with Gasteiger partial charge in [-0.05, 0) is 0 Å². The first kappa shape index (κ1) is 24.0. The van der Waals surface area contributed by atoms with Gasteiger partial charge < -0.3 is 0 Å². The quantitative estimate of drug-likeness (QED) is 0.203. The molecule has 2 aromatic rings. The number of hydrogen-bond acceptors (Lipinski definition) is 0. The fourth-order valence-corrected chi connectivity index (χ4v) is 8.15. The van der Waals surface area contributed by atoms with Crippen molar-refractivity contribution >= 4 is 41.2 Å². The van der Waals surface area contributed by atoms with Crippen LogP contribution in [0.4, 0.5) is 0 Å². The van der Waals surface area contributed by atoms with Gasteiger partial charge in [0, 0.05) is 0 Å². The Balaban J connectivity index is 2.25. The summed E-state index contributed by atoms with van der Waals surface area (Å²) < 4.78 is 6.69. The molecule has 0 aliphatic rings. The van der Waals surface area contributed by atoms with Crippen molar-refractivity contribution in [2.75, 3.05) is 0 Å². The monoisotopic (exact) mass is 512 g/mol. The first-order valence-electron chi connectivity index (χ1n) is 11.4. The molecule has 0 fully saturated rings. The molecule has 0 aromatic carbocycles. The van der Waals surface area contributed by atoms with E-state index in [2.05, 4.69) is 65.8 Å². The van der Waals surface area contributed by atoms with Crippen molar-refractivity contribution in [2.45, 2.75) is 105 Å². The number of unbranched alkanes of at least 4 members (excludes halogenated alkanes) is 4. The van der Waals surface area contributed by atoms with E-state index in [1.54, 1.807) is 28.9 Å². The van der Waals surface area contributed by atoms with Gasteiger partial charge in [-0.1, -0.05) is 0 Å². The van der Waals surface area contributed by atoms with Crippen LogP contribution in [0.25, 0.3) is 12.2 Å². The molecule has 0 saturated carbocycles. The maximum absolute atomic E-state index is 2.55. The second-order valence-corrected chi connectivity index (χ2v) is 13.3. The van der Waals surface area contributed by atoms with E-state index >= 15 is 0 Å². The summed E-state index contributed by atoms with van der Waals surface area (Å²) in [6, 6.07) is 5.10. The predicted octanol–water partition coefficient (Wildman–Crippen LogP) is 7.68. The van der Waals surface area contributed by atoms with Crippen molar-refractivity contribution < 1.29 is 0 Å². The first-order valence-corrected chi connectivity index (χ1v) is 14.8. The predicted molar refractivity (Wildman–Crippen MR) is 130 cm³/mol. The van der Waals surface area contributed by atoms with Crippen LogP contribution in [0.3, 0.4) is 0 Å². The Labute approximate surface area is 186 Å². The van der Waals surface area contributed by atoms with Crippen LogP contribution in [0.1, 0.15) is 121 Å². The van der Waals surface area contributed by atoms with Gasteiger partial charge in [0.1, 0.15) is 0 Å². The van der Waals surface area contributed by atoms with Crippen molar-refractivity contribution in [1.29, 1.82) is 0 Å². The molecule has 0 aliphatic carbocycles. The molecular weight excluding hydrogens is 470 g/mol. The van der Waals surface area contributed by atoms with E-state index in [0.29, 0.717) is 40.8 Å². The minimum atomic E-state index is 0.537. The van der Waals surface area contributed by atoms with Crippen molar-refractivity contribution in [3.05, 3.63) is 41.0 Å². The molecule has 0 spiro atoms. The number of hydrogen-bond donors (Lipinski definition) is 0. The summed E-state index contributed by atoms with van der Waals surface area (Å²) in [5.74, 6) is 1.39. The van der Waals surface area contributed by atoms with Crippen LogP contribution in [0.2, 0.25) is 0 Å². The molecule has 0 atom stereocenters. The third-order valence-electron chi connectivity index (χ3n) is 5.35. The zero-order chi connectivity index (χ0) is 20.5. The molecule has 2 heterocycles. The molecule has 0 unspecified atom stereocenters. The molecule has 2 heteroatoms. The summed E-state index contributed by atoms with van der Waals surface area (Å²) in [5, 5.41) is 0. The molecule has 156 valence electrons. The average molecular weight is 511 g/mol. The zero-order valence-electron chi connectivity index (χ0n) is 18.9. The Hall–Kier alpha value is -0.261. The van der Waals surface area contributed by atoms with Crippen LogP contribution >= 0.6 is 0 Å². The number of aryl methyl sites for hydroxylation is 2. The van der Waals surface area contributed by atoms with Crippen LogP contribution in [0, 0.1) is 0 Å². The number of rotatable bonds is 12. The third-order valence-corrected chi connectivity index (χ3v) is 11.4. The van der Waals surface area contributed by atoms with Gasteiger partial charge in [0.25, 0.3) is 0 Å². The molecule has 0 saturated heterocycles. The summed E-state index contributed by atoms with van der Waals surface area (Å²) in [5.41, 5.74) is 3.29. The van der Waals surface area contributed by atoms with E-state index in [9.17, 15) is 0 Å². The molecule has 0 bridgehead atoms. The van der Waals surface area contributed by atoms with Gasteiger partial charge in [-0.2, -0.15) is 0 Å². The van der Waals surface area contributed by atoms with E-state index in [1.165, 1.54) is 51.4 Å². The van der Waals surface area contributed by atoms with Crippen molar-refractivity contribution in [3.63, 3.8) is 0 Å². The second-order valence-electron chi connectivity index (χ2n) is 8.63. The normalized spacial score (nSPS) is 12.1. The summed E-state index contributed by atoms with van der Waals surface area (Å²) in [7, 11) is 0. The van der Waals surface area contributed by atoms with E-state index < -0.39 is 0 Å². The van der Waals surface area contributed by atoms with Crippen LogP contribution < -0.4 is 0 Å². The SMILES string of the molecule is CCCCCc1cc(C(C)C)[se]c1/C=C/c1[se]c(C(C)C)cc1CCCCC. The van der Waals surface area contributed by atoms with Gasteiger partial charge >= 0.3 is 187 Å². The topological polar surface area (TPSA) is 0 Å². The van der Waals surface area contributed by atoms with Gasteiger partial charge in [0.05, 0.1) is 0 Å². The van der Waals surface area contributed by atoms with Gasteiger partial charge in [-0.3, -0.25) is 0 Å². The Morgan fingerprint density at radius 1 is 0.679 bits per heavy atom. The standard InChI is InChI=1S/C26H40Se2/c1-7-9-11-13-21-17-25(19(3)4)27-23(21)15-16-24-22(14-12-10-8-2)18-26(28-24)20(5)6/h15-20H,7-14H2,1-6H3/b16-15+. The van der Waals surface area contributed by atoms with E-state index in [0.717, 1.165) is 0 Å². The molecule has 0 aliphatic heterocycles. The molecule has 0 amide bonds. The zero-order valence-corrected chi connectivity index (χ0v) is 22.4. The third kappa shape index (κ3) is 7.21. The van der Waals surface area contributed by atoms with Crippen LogP contribution in [-0.2, 0) is 12.8 Å². The molecule has 2 rings (SSSR count). The van der Waals surface area contributed by atoms with Crippen molar-refractivity contribution in [3.8, 4) is 0 Å². The molecule has 0 nitrogen and oxygen atoms in total. The van der Waals surface area contributed by atoms with Gasteiger partial charge in [0.2, 0.25) is 0 Å². The Kier molecular flexibility index (Phi) is 10.7. The second kappa shape index (κ2) is 12.4.